The smallest absolute Gasteiger partial charge is 0.407 e. The maximum atomic E-state index is 12.2. The quantitative estimate of drug-likeness (QED) is 0.377. The average Bonchev–Trinajstić information content (AvgIpc) is 3.32. The van der Waals surface area contributed by atoms with Crippen LogP contribution in [0.1, 0.15) is 51.6 Å². The molecule has 1 aliphatic carbocycles. The molecule has 0 aromatic carbocycles. The van der Waals surface area contributed by atoms with Crippen LogP contribution in [0.2, 0.25) is 25.7 Å². The van der Waals surface area contributed by atoms with E-state index in [2.05, 4.69) is 30.3 Å². The monoisotopic (exact) mass is 503 g/mol. The minimum absolute atomic E-state index is 0.0648. The Morgan fingerprint density at radius 2 is 1.97 bits per heavy atom. The van der Waals surface area contributed by atoms with Crippen molar-refractivity contribution >= 4 is 25.7 Å². The number of nitrogens with one attached hydrogen (secondary N) is 2. The highest BCUT2D eigenvalue weighted by atomic mass is 28.3. The van der Waals surface area contributed by atoms with Gasteiger partial charge in [-0.05, 0) is 52.1 Å². The number of carbonyl (C=O) groups is 1. The van der Waals surface area contributed by atoms with Crippen molar-refractivity contribution < 1.29 is 14.3 Å². The third kappa shape index (κ3) is 8.54. The summed E-state index contributed by atoms with van der Waals surface area (Å²) in [7, 11) is 0.539. The second-order valence-electron chi connectivity index (χ2n) is 11.7. The van der Waals surface area contributed by atoms with Crippen molar-refractivity contribution in [2.24, 2.45) is 7.05 Å². The van der Waals surface area contributed by atoms with E-state index in [1.807, 2.05) is 31.5 Å². The topological polar surface area (TPSA) is 99.4 Å². The third-order valence-electron chi connectivity index (χ3n) is 5.93. The molecule has 1 fully saturated rings. The molecule has 1 saturated carbocycles. The molecule has 2 atom stereocenters. The van der Waals surface area contributed by atoms with E-state index in [9.17, 15) is 9.59 Å². The van der Waals surface area contributed by atoms with Gasteiger partial charge in [0, 0.05) is 57.2 Å². The van der Waals surface area contributed by atoms with Gasteiger partial charge in [-0.15, -0.1) is 0 Å². The van der Waals surface area contributed by atoms with Crippen molar-refractivity contribution in [2.45, 2.75) is 90.0 Å². The molecular formula is C25H41N5O4Si. The van der Waals surface area contributed by atoms with Crippen LogP contribution in [0.5, 0.6) is 0 Å². The number of ether oxygens (including phenoxy) is 2. The van der Waals surface area contributed by atoms with Gasteiger partial charge in [-0.25, -0.2) is 9.48 Å². The first-order chi connectivity index (χ1) is 16.3. The van der Waals surface area contributed by atoms with Gasteiger partial charge in [0.2, 0.25) is 5.56 Å². The van der Waals surface area contributed by atoms with E-state index in [-0.39, 0.29) is 29.2 Å². The number of hydrogen-bond acceptors (Lipinski definition) is 6. The van der Waals surface area contributed by atoms with Crippen molar-refractivity contribution in [3.63, 3.8) is 0 Å². The van der Waals surface area contributed by atoms with Gasteiger partial charge in [-0.3, -0.25) is 4.79 Å². The van der Waals surface area contributed by atoms with Crippen LogP contribution < -0.4 is 16.2 Å². The zero-order valence-electron chi connectivity index (χ0n) is 22.2. The second-order valence-corrected chi connectivity index (χ2v) is 17.3. The van der Waals surface area contributed by atoms with Gasteiger partial charge in [-0.2, -0.15) is 5.10 Å². The summed E-state index contributed by atoms with van der Waals surface area (Å²) >= 11 is 0. The van der Waals surface area contributed by atoms with E-state index in [0.717, 1.165) is 36.7 Å². The van der Waals surface area contributed by atoms with Gasteiger partial charge in [0.25, 0.3) is 0 Å². The number of hydrogen-bond donors (Lipinski definition) is 2. The highest BCUT2D eigenvalue weighted by Crippen LogP contribution is 2.37. The predicted molar refractivity (Wildman–Crippen MR) is 141 cm³/mol. The standard InChI is InChI=1S/C25H41N5O4Si/c1-25(2,3)27-24(32)34-20-10-8-18(14-20)21-15-22(26-19-9-11-23(31)29(4)16-19)28-30(21)17-33-12-13-35(5,6)7/h9,11,15-16,18,20H,8,10,12-14,17H2,1-7H3,(H,26,28)(H,27,32)/t18?,20-/m0/s1. The highest BCUT2D eigenvalue weighted by molar-refractivity contribution is 6.76. The molecule has 0 saturated heterocycles. The van der Waals surface area contributed by atoms with E-state index in [4.69, 9.17) is 14.6 Å². The third-order valence-corrected chi connectivity index (χ3v) is 7.64. The Morgan fingerprint density at radius 1 is 1.23 bits per heavy atom. The van der Waals surface area contributed by atoms with Crippen LogP contribution in [-0.2, 0) is 23.3 Å². The Balaban J connectivity index is 1.71. The first-order valence-corrected chi connectivity index (χ1v) is 16.1. The van der Waals surface area contributed by atoms with Gasteiger partial charge in [0.15, 0.2) is 5.82 Å². The van der Waals surface area contributed by atoms with Crippen molar-refractivity contribution in [1.29, 1.82) is 0 Å². The summed E-state index contributed by atoms with van der Waals surface area (Å²) in [6.45, 7) is 13.9. The van der Waals surface area contributed by atoms with E-state index in [0.29, 0.717) is 19.2 Å². The fourth-order valence-corrected chi connectivity index (χ4v) is 4.83. The first-order valence-electron chi connectivity index (χ1n) is 12.4. The lowest BCUT2D eigenvalue weighted by atomic mass is 10.0. The molecule has 9 nitrogen and oxygen atoms in total. The Morgan fingerprint density at radius 3 is 2.63 bits per heavy atom. The molecule has 2 aromatic rings. The maximum absolute atomic E-state index is 12.2. The van der Waals surface area contributed by atoms with Crippen LogP contribution in [0.3, 0.4) is 0 Å². The molecule has 194 valence electrons. The molecule has 0 spiro atoms. The number of rotatable bonds is 9. The zero-order valence-corrected chi connectivity index (χ0v) is 23.2. The molecule has 1 aliphatic rings. The molecule has 0 bridgehead atoms. The van der Waals surface area contributed by atoms with Gasteiger partial charge >= 0.3 is 6.09 Å². The molecule has 2 N–H and O–H groups in total. The summed E-state index contributed by atoms with van der Waals surface area (Å²) in [5.41, 5.74) is 1.45. The SMILES string of the molecule is Cn1cc(Nc2cc(C3CC[C@H](OC(=O)NC(C)(C)C)C3)n(COCC[Si](C)(C)C)n2)ccc1=O. The molecule has 0 aliphatic heterocycles. The summed E-state index contributed by atoms with van der Waals surface area (Å²) in [6.07, 6.45) is 3.72. The average molecular weight is 504 g/mol. The Hall–Kier alpha value is -2.59. The van der Waals surface area contributed by atoms with Gasteiger partial charge in [0.05, 0.1) is 5.69 Å². The normalized spacial score (nSPS) is 18.5. The number of aryl methyl sites for hydroxylation is 1. The summed E-state index contributed by atoms with van der Waals surface area (Å²) in [6, 6.07) is 6.41. The molecule has 3 rings (SSSR count). The summed E-state index contributed by atoms with van der Waals surface area (Å²) in [5, 5.41) is 10.9. The lowest BCUT2D eigenvalue weighted by Crippen LogP contribution is -2.42. The van der Waals surface area contributed by atoms with Crippen LogP contribution in [0.25, 0.3) is 0 Å². The van der Waals surface area contributed by atoms with Gasteiger partial charge < -0.3 is 24.7 Å². The second kappa shape index (κ2) is 11.0. The first kappa shape index (κ1) is 27.0. The molecule has 2 aromatic heterocycles. The molecule has 35 heavy (non-hydrogen) atoms. The fourth-order valence-electron chi connectivity index (χ4n) is 4.07. The van der Waals surface area contributed by atoms with Crippen molar-refractivity contribution in [3.8, 4) is 0 Å². The molecule has 10 heteroatoms. The van der Waals surface area contributed by atoms with E-state index >= 15 is 0 Å². The number of carbonyl (C=O) groups excluding carboxylic acids is 1. The molecule has 1 unspecified atom stereocenters. The maximum Gasteiger partial charge on any atom is 0.407 e. The number of amides is 1. The predicted octanol–water partition coefficient (Wildman–Crippen LogP) is 4.80. The summed E-state index contributed by atoms with van der Waals surface area (Å²) < 4.78 is 15.1. The number of alkyl carbamates (subject to hydrolysis) is 1. The van der Waals surface area contributed by atoms with E-state index in [1.54, 1.807) is 19.3 Å². The van der Waals surface area contributed by atoms with E-state index in [1.165, 1.54) is 10.6 Å². The lowest BCUT2D eigenvalue weighted by molar-refractivity contribution is 0.0749. The number of aromatic nitrogens is 3. The number of anilines is 2. The summed E-state index contributed by atoms with van der Waals surface area (Å²) in [5.74, 6) is 0.911. The van der Waals surface area contributed by atoms with Crippen LogP contribution in [0.15, 0.2) is 29.2 Å². The zero-order chi connectivity index (χ0) is 25.8. The van der Waals surface area contributed by atoms with Gasteiger partial charge in [-0.1, -0.05) is 19.6 Å². The lowest BCUT2D eigenvalue weighted by Gasteiger charge is -2.22. The minimum Gasteiger partial charge on any atom is -0.446 e. The van der Waals surface area contributed by atoms with Crippen molar-refractivity contribution in [1.82, 2.24) is 19.7 Å². The largest absolute Gasteiger partial charge is 0.446 e. The van der Waals surface area contributed by atoms with Gasteiger partial charge in [0.1, 0.15) is 12.8 Å². The van der Waals surface area contributed by atoms with Crippen LogP contribution in [-0.4, -0.2) is 46.8 Å². The van der Waals surface area contributed by atoms with E-state index < -0.39 is 8.07 Å². The minimum atomic E-state index is -1.18. The number of pyridine rings is 1. The van der Waals surface area contributed by atoms with Crippen molar-refractivity contribution in [3.05, 3.63) is 40.4 Å². The number of nitrogens with zero attached hydrogens (tertiary/aromatic N) is 3. The molecule has 2 heterocycles. The Labute approximate surface area is 209 Å². The Kier molecular flexibility index (Phi) is 8.48. The molecule has 1 amide bonds. The van der Waals surface area contributed by atoms with Crippen LogP contribution >= 0.6 is 0 Å². The summed E-state index contributed by atoms with van der Waals surface area (Å²) in [4.78, 5) is 24.0. The highest BCUT2D eigenvalue weighted by Gasteiger charge is 2.32. The van der Waals surface area contributed by atoms with Crippen LogP contribution in [0, 0.1) is 0 Å². The molecule has 0 radical (unpaired) electrons. The molecular weight excluding hydrogens is 462 g/mol. The Bertz CT molecular complexity index is 1070. The van der Waals surface area contributed by atoms with Crippen molar-refractivity contribution in [2.75, 3.05) is 11.9 Å². The van der Waals surface area contributed by atoms with Crippen LogP contribution in [0.4, 0.5) is 16.3 Å². The fraction of sp³-hybridized carbons (Fsp3) is 0.640.